The maximum Gasteiger partial charge on any atom is 0.275 e. The Kier molecular flexibility index (Phi) is 5.96. The van der Waals surface area contributed by atoms with E-state index in [1.54, 1.807) is 0 Å². The first-order valence-electron chi connectivity index (χ1n) is 7.33. The number of nitrogens with zero attached hydrogens (tertiary/aromatic N) is 1. The van der Waals surface area contributed by atoms with Gasteiger partial charge in [-0.3, -0.25) is 10.1 Å². The van der Waals surface area contributed by atoms with E-state index in [9.17, 15) is 18.5 Å². The van der Waals surface area contributed by atoms with Crippen LogP contribution in [0.3, 0.4) is 0 Å². The zero-order valence-corrected chi connectivity index (χ0v) is 14.3. The van der Waals surface area contributed by atoms with Crippen LogP contribution in [0.25, 0.3) is 0 Å². The molecular weight excluding hydrogens is 344 g/mol. The minimum absolute atomic E-state index is 0.0485. The number of nitro benzene ring substituents is 1. The Morgan fingerprint density at radius 1 is 1.43 bits per heavy atom. The highest BCUT2D eigenvalue weighted by Crippen LogP contribution is 2.30. The third kappa shape index (κ3) is 5.13. The smallest absolute Gasteiger partial charge is 0.275 e. The second kappa shape index (κ2) is 7.57. The summed E-state index contributed by atoms with van der Waals surface area (Å²) in [6.07, 6.45) is 2.95. The van der Waals surface area contributed by atoms with Gasteiger partial charge in [-0.25, -0.2) is 13.1 Å². The fraction of sp³-hybridized carbons (Fsp3) is 0.571. The highest BCUT2D eigenvalue weighted by atomic mass is 35.5. The van der Waals surface area contributed by atoms with Crippen LogP contribution in [0.1, 0.15) is 24.8 Å². The van der Waals surface area contributed by atoms with Crippen LogP contribution >= 0.6 is 11.6 Å². The third-order valence-corrected chi connectivity index (χ3v) is 5.44. The molecule has 1 fully saturated rings. The molecule has 2 rings (SSSR count). The van der Waals surface area contributed by atoms with Gasteiger partial charge in [0.25, 0.3) is 5.69 Å². The van der Waals surface area contributed by atoms with E-state index in [2.05, 4.69) is 4.72 Å². The second-order valence-electron chi connectivity index (χ2n) is 5.58. The summed E-state index contributed by atoms with van der Waals surface area (Å²) in [5.41, 5.74) is -0.0743. The van der Waals surface area contributed by atoms with Gasteiger partial charge < -0.3 is 4.74 Å². The molecule has 1 aliphatic carbocycles. The molecule has 1 aromatic rings. The molecule has 0 spiro atoms. The second-order valence-corrected chi connectivity index (χ2v) is 7.75. The summed E-state index contributed by atoms with van der Waals surface area (Å²) in [5.74, 6) is 0.668. The van der Waals surface area contributed by atoms with Crippen molar-refractivity contribution in [3.63, 3.8) is 0 Å². The molecule has 0 bridgehead atoms. The first-order chi connectivity index (χ1) is 10.8. The van der Waals surface area contributed by atoms with Crippen LogP contribution in [-0.2, 0) is 14.8 Å². The van der Waals surface area contributed by atoms with Crippen LogP contribution in [0.15, 0.2) is 17.0 Å². The van der Waals surface area contributed by atoms with Crippen LogP contribution in [0, 0.1) is 23.0 Å². The van der Waals surface area contributed by atoms with Crippen molar-refractivity contribution < 1.29 is 18.1 Å². The number of rotatable bonds is 9. The van der Waals surface area contributed by atoms with Gasteiger partial charge in [-0.15, -0.1) is 0 Å². The van der Waals surface area contributed by atoms with Gasteiger partial charge >= 0.3 is 0 Å². The molecule has 23 heavy (non-hydrogen) atoms. The summed E-state index contributed by atoms with van der Waals surface area (Å²) < 4.78 is 32.2. The molecule has 0 amide bonds. The molecule has 0 radical (unpaired) electrons. The quantitative estimate of drug-likeness (QED) is 0.413. The molecule has 0 aromatic heterocycles. The zero-order chi connectivity index (χ0) is 17.0. The summed E-state index contributed by atoms with van der Waals surface area (Å²) >= 11 is 5.89. The van der Waals surface area contributed by atoms with Gasteiger partial charge in [-0.2, -0.15) is 0 Å². The number of benzene rings is 1. The van der Waals surface area contributed by atoms with Crippen LogP contribution in [0.5, 0.6) is 0 Å². The standard InChI is InChI=1S/C14H19ClN2O5S/c1-10-13(15)7-12(8-14(10)17(18)19)23(20,21)16-5-2-6-22-9-11-3-4-11/h7-8,11,16H,2-6,9H2,1H3. The average Bonchev–Trinajstić information content (AvgIpc) is 3.29. The molecule has 128 valence electrons. The number of sulfonamides is 1. The Bertz CT molecular complexity index is 689. The van der Waals surface area contributed by atoms with Crippen LogP contribution in [-0.4, -0.2) is 33.1 Å². The Labute approximate surface area is 140 Å². The maximum absolute atomic E-state index is 12.2. The molecule has 7 nitrogen and oxygen atoms in total. The predicted molar refractivity (Wildman–Crippen MR) is 86.2 cm³/mol. The van der Waals surface area contributed by atoms with Gasteiger partial charge in [0.15, 0.2) is 0 Å². The van der Waals surface area contributed by atoms with E-state index in [0.29, 0.717) is 18.9 Å². The van der Waals surface area contributed by atoms with E-state index in [4.69, 9.17) is 16.3 Å². The first-order valence-corrected chi connectivity index (χ1v) is 9.19. The summed E-state index contributed by atoms with van der Waals surface area (Å²) in [6, 6.07) is 2.24. The van der Waals surface area contributed by atoms with Crippen molar-refractivity contribution in [2.24, 2.45) is 5.92 Å². The fourth-order valence-corrected chi connectivity index (χ4v) is 3.38. The highest BCUT2D eigenvalue weighted by molar-refractivity contribution is 7.89. The summed E-state index contributed by atoms with van der Waals surface area (Å²) in [6.45, 7) is 2.88. The van der Waals surface area contributed by atoms with E-state index in [1.807, 2.05) is 0 Å². The maximum atomic E-state index is 12.2. The Morgan fingerprint density at radius 2 is 2.13 bits per heavy atom. The largest absolute Gasteiger partial charge is 0.381 e. The van der Waals surface area contributed by atoms with Crippen LogP contribution in [0.2, 0.25) is 5.02 Å². The van der Waals surface area contributed by atoms with E-state index in [-0.39, 0.29) is 27.7 Å². The molecule has 1 aromatic carbocycles. The molecule has 0 unspecified atom stereocenters. The average molecular weight is 363 g/mol. The lowest BCUT2D eigenvalue weighted by atomic mass is 10.2. The van der Waals surface area contributed by atoms with Gasteiger partial charge in [-0.05, 0) is 38.2 Å². The summed E-state index contributed by atoms with van der Waals surface area (Å²) in [5, 5.41) is 11.0. The molecule has 1 N–H and O–H groups in total. The molecule has 1 aliphatic rings. The Morgan fingerprint density at radius 3 is 2.74 bits per heavy atom. The van der Waals surface area contributed by atoms with Gasteiger partial charge in [0.1, 0.15) is 0 Å². The van der Waals surface area contributed by atoms with Crippen molar-refractivity contribution in [1.82, 2.24) is 4.72 Å². The minimum atomic E-state index is -3.84. The third-order valence-electron chi connectivity index (χ3n) is 3.61. The van der Waals surface area contributed by atoms with E-state index in [0.717, 1.165) is 12.7 Å². The lowest BCUT2D eigenvalue weighted by Crippen LogP contribution is -2.25. The van der Waals surface area contributed by atoms with Crippen molar-refractivity contribution in [3.8, 4) is 0 Å². The van der Waals surface area contributed by atoms with E-state index >= 15 is 0 Å². The number of halogens is 1. The first kappa shape index (κ1) is 18.1. The van der Waals surface area contributed by atoms with Crippen molar-refractivity contribution in [2.75, 3.05) is 19.8 Å². The van der Waals surface area contributed by atoms with Crippen molar-refractivity contribution in [2.45, 2.75) is 31.1 Å². The van der Waals surface area contributed by atoms with Crippen molar-refractivity contribution in [1.29, 1.82) is 0 Å². The molecule has 0 saturated heterocycles. The monoisotopic (exact) mass is 362 g/mol. The van der Waals surface area contributed by atoms with E-state index < -0.39 is 14.9 Å². The molecule has 1 saturated carbocycles. The molecule has 0 heterocycles. The molecule has 0 atom stereocenters. The SMILES string of the molecule is Cc1c(Cl)cc(S(=O)(=O)NCCCOCC2CC2)cc1[N+](=O)[O-]. The van der Waals surface area contributed by atoms with Gasteiger partial charge in [-0.1, -0.05) is 11.6 Å². The number of hydrogen-bond donors (Lipinski definition) is 1. The normalized spacial score (nSPS) is 14.9. The summed E-state index contributed by atoms with van der Waals surface area (Å²) in [7, 11) is -3.84. The summed E-state index contributed by atoms with van der Waals surface area (Å²) in [4.78, 5) is 10.1. The number of nitro groups is 1. The Balaban J connectivity index is 1.94. The Hall–Kier alpha value is -1.22. The topological polar surface area (TPSA) is 98.5 Å². The molecular formula is C14H19ClN2O5S. The predicted octanol–water partition coefficient (Wildman–Crippen LogP) is 2.65. The van der Waals surface area contributed by atoms with E-state index in [1.165, 1.54) is 25.8 Å². The number of ether oxygens (including phenoxy) is 1. The van der Waals surface area contributed by atoms with Crippen LogP contribution < -0.4 is 4.72 Å². The lowest BCUT2D eigenvalue weighted by Gasteiger charge is -2.09. The minimum Gasteiger partial charge on any atom is -0.381 e. The number of hydrogen-bond acceptors (Lipinski definition) is 5. The van der Waals surface area contributed by atoms with Crippen molar-refractivity contribution >= 4 is 27.3 Å². The molecule has 9 heteroatoms. The lowest BCUT2D eigenvalue weighted by molar-refractivity contribution is -0.385. The van der Waals surface area contributed by atoms with Gasteiger partial charge in [0.2, 0.25) is 10.0 Å². The van der Waals surface area contributed by atoms with Gasteiger partial charge in [0, 0.05) is 31.4 Å². The fourth-order valence-electron chi connectivity index (χ4n) is 1.98. The van der Waals surface area contributed by atoms with Gasteiger partial charge in [0.05, 0.1) is 14.8 Å². The van der Waals surface area contributed by atoms with Crippen LogP contribution in [0.4, 0.5) is 5.69 Å². The zero-order valence-electron chi connectivity index (χ0n) is 12.7. The number of nitrogens with one attached hydrogen (secondary N) is 1. The van der Waals surface area contributed by atoms with Crippen molar-refractivity contribution in [3.05, 3.63) is 32.8 Å². The molecule has 0 aliphatic heterocycles. The highest BCUT2D eigenvalue weighted by Gasteiger charge is 2.22.